The predicted octanol–water partition coefficient (Wildman–Crippen LogP) is 0.458. The van der Waals surface area contributed by atoms with Gasteiger partial charge in [-0.15, -0.1) is 0 Å². The number of nitrogens with zero attached hydrogens (tertiary/aromatic N) is 1. The number of aldehydes is 1. The third-order valence-corrected chi connectivity index (χ3v) is 4.32. The molecule has 0 aromatic rings. The van der Waals surface area contributed by atoms with Gasteiger partial charge in [-0.2, -0.15) is 11.8 Å². The lowest BCUT2D eigenvalue weighted by molar-refractivity contribution is -0.129. The molecule has 0 aromatic carbocycles. The highest BCUT2D eigenvalue weighted by Gasteiger charge is 2.43. The Morgan fingerprint density at radius 2 is 2.18 bits per heavy atom. The monoisotopic (exact) mass is 259 g/mol. The van der Waals surface area contributed by atoms with Crippen LogP contribution in [0.1, 0.15) is 13.8 Å². The minimum Gasteiger partial charge on any atom is -0.477 e. The van der Waals surface area contributed by atoms with Crippen LogP contribution in [-0.2, 0) is 9.59 Å². The lowest BCUT2D eigenvalue weighted by Crippen LogP contribution is -2.35. The lowest BCUT2D eigenvalue weighted by Gasteiger charge is -2.24. The molecular formula is C11H17NO4S. The summed E-state index contributed by atoms with van der Waals surface area (Å²) in [4.78, 5) is 26.1. The Hall–Kier alpha value is -0.880. The van der Waals surface area contributed by atoms with E-state index in [9.17, 15) is 14.7 Å². The van der Waals surface area contributed by atoms with Crippen LogP contribution in [0.5, 0.6) is 0 Å². The molecule has 0 radical (unpaired) electrons. The van der Waals surface area contributed by atoms with Crippen LogP contribution in [0.3, 0.4) is 0 Å². The highest BCUT2D eigenvalue weighted by Crippen LogP contribution is 2.34. The second kappa shape index (κ2) is 5.64. The standard InChI is InChI=1S/C11H17NO4S/c1-5-8(7(4-13)6(2)14)12-9(11(15)16)10(5)17-3/h4-8,10,14H,1-3H3,(H,15,16)/t5-,6-,7-,8-,10-/m1/s1. The second-order valence-electron chi connectivity index (χ2n) is 4.28. The van der Waals surface area contributed by atoms with E-state index >= 15 is 0 Å². The Kier molecular flexibility index (Phi) is 4.70. The summed E-state index contributed by atoms with van der Waals surface area (Å²) in [6.45, 7) is 3.39. The second-order valence-corrected chi connectivity index (χ2v) is 5.26. The molecule has 0 saturated heterocycles. The molecule has 1 aliphatic rings. The molecule has 2 N–H and O–H groups in total. The van der Waals surface area contributed by atoms with Crippen molar-refractivity contribution in [2.75, 3.05) is 6.26 Å². The fourth-order valence-corrected chi connectivity index (χ4v) is 3.17. The Labute approximate surface area is 104 Å². The van der Waals surface area contributed by atoms with E-state index in [4.69, 9.17) is 5.11 Å². The molecule has 0 aliphatic carbocycles. The summed E-state index contributed by atoms with van der Waals surface area (Å²) in [6.07, 6.45) is 1.66. The summed E-state index contributed by atoms with van der Waals surface area (Å²) in [5.74, 6) is -1.76. The molecule has 0 amide bonds. The average molecular weight is 259 g/mol. The molecule has 0 bridgehead atoms. The summed E-state index contributed by atoms with van der Waals surface area (Å²) < 4.78 is 0. The summed E-state index contributed by atoms with van der Waals surface area (Å²) in [6, 6.07) is -0.448. The number of rotatable bonds is 5. The van der Waals surface area contributed by atoms with E-state index < -0.39 is 24.0 Å². The maximum atomic E-state index is 11.0. The predicted molar refractivity (Wildman–Crippen MR) is 66.6 cm³/mol. The van der Waals surface area contributed by atoms with Crippen molar-refractivity contribution in [1.82, 2.24) is 0 Å². The number of aliphatic carboxylic acids is 1. The van der Waals surface area contributed by atoms with Gasteiger partial charge in [0.15, 0.2) is 0 Å². The van der Waals surface area contributed by atoms with Crippen molar-refractivity contribution in [2.45, 2.75) is 31.2 Å². The quantitative estimate of drug-likeness (QED) is 0.700. The van der Waals surface area contributed by atoms with E-state index in [1.807, 2.05) is 13.2 Å². The first-order chi connectivity index (χ1) is 7.93. The van der Waals surface area contributed by atoms with E-state index in [2.05, 4.69) is 4.99 Å². The van der Waals surface area contributed by atoms with Gasteiger partial charge in [0.05, 0.1) is 23.3 Å². The Morgan fingerprint density at radius 1 is 1.59 bits per heavy atom. The van der Waals surface area contributed by atoms with Crippen molar-refractivity contribution >= 4 is 29.7 Å². The van der Waals surface area contributed by atoms with Gasteiger partial charge >= 0.3 is 5.97 Å². The highest BCUT2D eigenvalue weighted by molar-refractivity contribution is 8.00. The summed E-state index contributed by atoms with van der Waals surface area (Å²) in [5.41, 5.74) is 0.0995. The first kappa shape index (κ1) is 14.2. The van der Waals surface area contributed by atoms with Crippen LogP contribution in [-0.4, -0.2) is 51.8 Å². The van der Waals surface area contributed by atoms with Crippen LogP contribution in [0, 0.1) is 11.8 Å². The molecular weight excluding hydrogens is 242 g/mol. The number of aliphatic hydroxyl groups is 1. The molecule has 0 spiro atoms. The zero-order valence-corrected chi connectivity index (χ0v) is 10.8. The zero-order valence-electron chi connectivity index (χ0n) is 10.0. The molecule has 5 atom stereocenters. The van der Waals surface area contributed by atoms with Gasteiger partial charge in [-0.1, -0.05) is 6.92 Å². The molecule has 17 heavy (non-hydrogen) atoms. The maximum Gasteiger partial charge on any atom is 0.350 e. The minimum atomic E-state index is -1.05. The Morgan fingerprint density at radius 3 is 2.47 bits per heavy atom. The number of hydrogen-bond donors (Lipinski definition) is 2. The Bertz CT molecular complexity index is 342. The van der Waals surface area contributed by atoms with Crippen LogP contribution in [0.4, 0.5) is 0 Å². The van der Waals surface area contributed by atoms with Gasteiger partial charge < -0.3 is 15.0 Å². The van der Waals surface area contributed by atoms with Gasteiger partial charge in [0.25, 0.3) is 0 Å². The van der Waals surface area contributed by atoms with Gasteiger partial charge in [0.2, 0.25) is 0 Å². The van der Waals surface area contributed by atoms with Gasteiger partial charge in [0.1, 0.15) is 12.0 Å². The fourth-order valence-electron chi connectivity index (χ4n) is 2.20. The molecule has 0 unspecified atom stereocenters. The van der Waals surface area contributed by atoms with Crippen LogP contribution in [0.2, 0.25) is 0 Å². The van der Waals surface area contributed by atoms with E-state index in [-0.39, 0.29) is 16.9 Å². The molecule has 6 heteroatoms. The highest BCUT2D eigenvalue weighted by atomic mass is 32.2. The third-order valence-electron chi connectivity index (χ3n) is 3.16. The van der Waals surface area contributed by atoms with E-state index in [0.29, 0.717) is 6.29 Å². The van der Waals surface area contributed by atoms with Gasteiger partial charge in [0, 0.05) is 0 Å². The van der Waals surface area contributed by atoms with Crippen molar-refractivity contribution in [1.29, 1.82) is 0 Å². The smallest absolute Gasteiger partial charge is 0.350 e. The molecule has 1 heterocycles. The number of hydrogen-bond acceptors (Lipinski definition) is 5. The fraction of sp³-hybridized carbons (Fsp3) is 0.727. The average Bonchev–Trinajstić information content (AvgIpc) is 2.57. The van der Waals surface area contributed by atoms with Crippen molar-refractivity contribution in [2.24, 2.45) is 16.8 Å². The van der Waals surface area contributed by atoms with E-state index in [0.717, 1.165) is 0 Å². The van der Waals surface area contributed by atoms with Crippen molar-refractivity contribution in [3.8, 4) is 0 Å². The van der Waals surface area contributed by atoms with Crippen molar-refractivity contribution in [3.63, 3.8) is 0 Å². The first-order valence-electron chi connectivity index (χ1n) is 5.41. The van der Waals surface area contributed by atoms with E-state index in [1.54, 1.807) is 0 Å². The van der Waals surface area contributed by atoms with Crippen LogP contribution in [0.15, 0.2) is 4.99 Å². The number of aliphatic imine (C=N–C) groups is 1. The molecule has 5 nitrogen and oxygen atoms in total. The number of thioether (sulfide) groups is 1. The molecule has 96 valence electrons. The topological polar surface area (TPSA) is 87.0 Å². The van der Waals surface area contributed by atoms with Gasteiger partial charge in [-0.05, 0) is 19.1 Å². The number of aliphatic hydroxyl groups excluding tert-OH is 1. The minimum absolute atomic E-state index is 0.0686. The van der Waals surface area contributed by atoms with E-state index in [1.165, 1.54) is 18.7 Å². The zero-order chi connectivity index (χ0) is 13.2. The normalized spacial score (nSPS) is 31.8. The van der Waals surface area contributed by atoms with Gasteiger partial charge in [-0.3, -0.25) is 4.99 Å². The number of carboxylic acid groups (broad SMARTS) is 1. The lowest BCUT2D eigenvalue weighted by atomic mass is 9.87. The molecule has 1 rings (SSSR count). The number of carbonyl (C=O) groups excluding carboxylic acids is 1. The maximum absolute atomic E-state index is 11.0. The largest absolute Gasteiger partial charge is 0.477 e. The third kappa shape index (κ3) is 2.69. The van der Waals surface area contributed by atoms with Crippen LogP contribution >= 0.6 is 11.8 Å². The Balaban J connectivity index is 3.02. The molecule has 0 aromatic heterocycles. The SMILES string of the molecule is CS[C@H]1C(C(=O)O)=N[C@@H]([C@H](C=O)[C@@H](C)O)[C@H]1C. The number of carboxylic acids is 1. The summed E-state index contributed by atoms with van der Waals surface area (Å²) in [5, 5.41) is 18.3. The first-order valence-corrected chi connectivity index (χ1v) is 6.70. The van der Waals surface area contributed by atoms with Crippen LogP contribution in [0.25, 0.3) is 0 Å². The molecule has 0 fully saturated rings. The van der Waals surface area contributed by atoms with Crippen molar-refractivity contribution in [3.05, 3.63) is 0 Å². The van der Waals surface area contributed by atoms with Gasteiger partial charge in [-0.25, -0.2) is 4.79 Å². The van der Waals surface area contributed by atoms with Crippen LogP contribution < -0.4 is 0 Å². The summed E-state index contributed by atoms with van der Waals surface area (Å²) in [7, 11) is 0. The number of carbonyl (C=O) groups is 2. The summed E-state index contributed by atoms with van der Waals surface area (Å²) >= 11 is 1.41. The molecule has 1 aliphatic heterocycles. The van der Waals surface area contributed by atoms with Crippen molar-refractivity contribution < 1.29 is 19.8 Å². The molecule has 0 saturated carbocycles.